The summed E-state index contributed by atoms with van der Waals surface area (Å²) in [5, 5.41) is 11.7. The summed E-state index contributed by atoms with van der Waals surface area (Å²) in [6.45, 7) is 0. The van der Waals surface area contributed by atoms with Crippen molar-refractivity contribution in [2.45, 2.75) is 25.3 Å². The lowest BCUT2D eigenvalue weighted by Gasteiger charge is -2.11. The van der Waals surface area contributed by atoms with Crippen molar-refractivity contribution in [2.75, 3.05) is 0 Å². The third-order valence-corrected chi connectivity index (χ3v) is 6.81. The minimum absolute atomic E-state index is 0.0931. The fourth-order valence-corrected chi connectivity index (χ4v) is 4.95. The number of benzene rings is 3. The maximum Gasteiger partial charge on any atom is 0.307 e. The number of carboxylic acid groups (broad SMARTS) is 1. The SMILES string of the molecule is O=C(O)Cc1cccc(-c2cc3cc(-c4ccc5ccn(C6CC6)c5c4)c(Cl)cc3[nH]c2=O)c1. The second-order valence-corrected chi connectivity index (χ2v) is 9.34. The Morgan fingerprint density at radius 3 is 2.56 bits per heavy atom. The highest BCUT2D eigenvalue weighted by Gasteiger charge is 2.24. The summed E-state index contributed by atoms with van der Waals surface area (Å²) in [7, 11) is 0. The molecule has 0 unspecified atom stereocenters. The summed E-state index contributed by atoms with van der Waals surface area (Å²) in [4.78, 5) is 26.9. The largest absolute Gasteiger partial charge is 0.481 e. The minimum Gasteiger partial charge on any atom is -0.481 e. The Morgan fingerprint density at radius 1 is 0.971 bits per heavy atom. The van der Waals surface area contributed by atoms with E-state index in [0.29, 0.717) is 33.3 Å². The zero-order valence-corrected chi connectivity index (χ0v) is 19.0. The van der Waals surface area contributed by atoms with Crippen molar-refractivity contribution >= 4 is 39.4 Å². The van der Waals surface area contributed by atoms with E-state index in [1.54, 1.807) is 24.3 Å². The number of halogens is 1. The van der Waals surface area contributed by atoms with Gasteiger partial charge in [-0.1, -0.05) is 48.0 Å². The molecular formula is C28H21ClN2O3. The van der Waals surface area contributed by atoms with Crippen LogP contribution in [0.4, 0.5) is 0 Å². The molecule has 1 saturated carbocycles. The Kier molecular flexibility index (Phi) is 4.82. The van der Waals surface area contributed by atoms with Gasteiger partial charge in [0.15, 0.2) is 0 Å². The smallest absolute Gasteiger partial charge is 0.307 e. The molecule has 1 aliphatic rings. The maximum absolute atomic E-state index is 12.8. The van der Waals surface area contributed by atoms with Gasteiger partial charge in [-0.15, -0.1) is 0 Å². The number of pyridine rings is 1. The van der Waals surface area contributed by atoms with Crippen LogP contribution in [0.15, 0.2) is 77.7 Å². The summed E-state index contributed by atoms with van der Waals surface area (Å²) in [5.74, 6) is -0.909. The normalized spacial score (nSPS) is 13.6. The van der Waals surface area contributed by atoms with E-state index in [1.165, 1.54) is 23.7 Å². The van der Waals surface area contributed by atoms with Gasteiger partial charge in [0.05, 0.1) is 11.4 Å². The topological polar surface area (TPSA) is 75.1 Å². The van der Waals surface area contributed by atoms with Gasteiger partial charge in [0.1, 0.15) is 0 Å². The molecule has 3 aromatic carbocycles. The van der Waals surface area contributed by atoms with Gasteiger partial charge in [-0.25, -0.2) is 0 Å². The van der Waals surface area contributed by atoms with Crippen LogP contribution in [0.3, 0.4) is 0 Å². The van der Waals surface area contributed by atoms with E-state index in [1.807, 2.05) is 18.2 Å². The van der Waals surface area contributed by atoms with Gasteiger partial charge < -0.3 is 14.7 Å². The molecule has 5 nitrogen and oxygen atoms in total. The monoisotopic (exact) mass is 468 g/mol. The number of hydrogen-bond acceptors (Lipinski definition) is 2. The van der Waals surface area contributed by atoms with Gasteiger partial charge in [-0.3, -0.25) is 9.59 Å². The maximum atomic E-state index is 12.8. The summed E-state index contributed by atoms with van der Waals surface area (Å²) in [5.41, 5.74) is 5.36. The van der Waals surface area contributed by atoms with Crippen LogP contribution in [-0.4, -0.2) is 20.6 Å². The standard InChI is InChI=1S/C28H21ClN2O3/c29-24-15-25-20(13-23(28(34)30-25)18-3-1-2-16(10-18)11-27(32)33)12-22(24)19-5-4-17-8-9-31(21-6-7-21)26(17)14-19/h1-5,8-10,12-15,21H,6-7,11H2,(H,30,34)(H,32,33). The average Bonchev–Trinajstić information content (AvgIpc) is 3.56. The molecule has 0 saturated heterocycles. The fourth-order valence-electron chi connectivity index (χ4n) is 4.68. The molecule has 2 N–H and O–H groups in total. The number of aliphatic carboxylic acids is 1. The summed E-state index contributed by atoms with van der Waals surface area (Å²) < 4.78 is 2.34. The van der Waals surface area contributed by atoms with Crippen LogP contribution in [-0.2, 0) is 11.2 Å². The average molecular weight is 469 g/mol. The Balaban J connectivity index is 1.47. The molecule has 0 atom stereocenters. The second kappa shape index (κ2) is 7.89. The van der Waals surface area contributed by atoms with Crippen molar-refractivity contribution in [3.8, 4) is 22.3 Å². The summed E-state index contributed by atoms with van der Waals surface area (Å²) in [6.07, 6.45) is 4.50. The predicted octanol–water partition coefficient (Wildman–Crippen LogP) is 6.43. The van der Waals surface area contributed by atoms with Crippen LogP contribution in [0, 0.1) is 0 Å². The highest BCUT2D eigenvalue weighted by Crippen LogP contribution is 2.39. The molecule has 2 aromatic heterocycles. The lowest BCUT2D eigenvalue weighted by atomic mass is 9.99. The van der Waals surface area contributed by atoms with E-state index in [4.69, 9.17) is 16.7 Å². The molecule has 0 bridgehead atoms. The molecule has 6 rings (SSSR count). The van der Waals surface area contributed by atoms with Gasteiger partial charge in [-0.05, 0) is 70.6 Å². The first-order valence-corrected chi connectivity index (χ1v) is 11.6. The summed E-state index contributed by atoms with van der Waals surface area (Å²) >= 11 is 6.67. The molecule has 0 amide bonds. The molecule has 1 aliphatic carbocycles. The molecule has 6 heteroatoms. The van der Waals surface area contributed by atoms with Crippen molar-refractivity contribution in [1.29, 1.82) is 0 Å². The number of aromatic amines is 1. The first-order chi connectivity index (χ1) is 16.5. The van der Waals surface area contributed by atoms with Crippen LogP contribution >= 0.6 is 11.6 Å². The molecule has 2 heterocycles. The lowest BCUT2D eigenvalue weighted by Crippen LogP contribution is -2.09. The number of hydrogen-bond donors (Lipinski definition) is 2. The Morgan fingerprint density at radius 2 is 1.76 bits per heavy atom. The zero-order valence-electron chi connectivity index (χ0n) is 18.2. The predicted molar refractivity (Wildman–Crippen MR) is 136 cm³/mol. The van der Waals surface area contributed by atoms with Crippen LogP contribution in [0.2, 0.25) is 5.02 Å². The molecule has 1 fully saturated rings. The number of carboxylic acids is 1. The van der Waals surface area contributed by atoms with E-state index in [-0.39, 0.29) is 12.0 Å². The number of nitrogens with zero attached hydrogens (tertiary/aromatic N) is 1. The van der Waals surface area contributed by atoms with E-state index < -0.39 is 5.97 Å². The molecule has 34 heavy (non-hydrogen) atoms. The fraction of sp³-hybridized carbons (Fsp3) is 0.143. The molecule has 0 radical (unpaired) electrons. The third-order valence-electron chi connectivity index (χ3n) is 6.50. The zero-order chi connectivity index (χ0) is 23.4. The lowest BCUT2D eigenvalue weighted by molar-refractivity contribution is -0.136. The van der Waals surface area contributed by atoms with Gasteiger partial charge in [-0.2, -0.15) is 0 Å². The van der Waals surface area contributed by atoms with Crippen molar-refractivity contribution in [3.63, 3.8) is 0 Å². The quantitative estimate of drug-likeness (QED) is 0.312. The molecule has 0 aliphatic heterocycles. The first-order valence-electron chi connectivity index (χ1n) is 11.2. The number of carbonyl (C=O) groups is 1. The van der Waals surface area contributed by atoms with Gasteiger partial charge in [0, 0.05) is 34.4 Å². The Labute approximate surface area is 200 Å². The highest BCUT2D eigenvalue weighted by molar-refractivity contribution is 6.34. The molecular weight excluding hydrogens is 448 g/mol. The number of nitrogens with one attached hydrogen (secondary N) is 1. The number of H-pyrrole nitrogens is 1. The van der Waals surface area contributed by atoms with E-state index in [2.05, 4.69) is 40.0 Å². The van der Waals surface area contributed by atoms with Crippen molar-refractivity contribution < 1.29 is 9.90 Å². The molecule has 5 aromatic rings. The van der Waals surface area contributed by atoms with E-state index >= 15 is 0 Å². The van der Waals surface area contributed by atoms with Crippen LogP contribution < -0.4 is 5.56 Å². The highest BCUT2D eigenvalue weighted by atomic mass is 35.5. The van der Waals surface area contributed by atoms with Crippen LogP contribution in [0.25, 0.3) is 44.1 Å². The van der Waals surface area contributed by atoms with Gasteiger partial charge in [0.25, 0.3) is 5.56 Å². The third kappa shape index (κ3) is 3.68. The number of rotatable bonds is 5. The minimum atomic E-state index is -0.909. The van der Waals surface area contributed by atoms with Gasteiger partial charge in [0.2, 0.25) is 0 Å². The van der Waals surface area contributed by atoms with Crippen molar-refractivity contribution in [1.82, 2.24) is 9.55 Å². The van der Waals surface area contributed by atoms with Gasteiger partial charge >= 0.3 is 5.97 Å². The van der Waals surface area contributed by atoms with E-state index in [0.717, 1.165) is 16.5 Å². The number of fused-ring (bicyclic) bond motifs is 2. The Bertz CT molecular complexity index is 1660. The van der Waals surface area contributed by atoms with Crippen LogP contribution in [0.1, 0.15) is 24.4 Å². The van der Waals surface area contributed by atoms with Crippen molar-refractivity contribution in [3.05, 3.63) is 93.9 Å². The molecule has 0 spiro atoms. The molecule has 168 valence electrons. The van der Waals surface area contributed by atoms with E-state index in [9.17, 15) is 9.59 Å². The first kappa shape index (κ1) is 20.8. The van der Waals surface area contributed by atoms with Crippen molar-refractivity contribution in [2.24, 2.45) is 0 Å². The summed E-state index contributed by atoms with van der Waals surface area (Å²) in [6, 6.07) is 21.9. The second-order valence-electron chi connectivity index (χ2n) is 8.93. The van der Waals surface area contributed by atoms with Crippen LogP contribution in [0.5, 0.6) is 0 Å². The number of aromatic nitrogens is 2. The Hall–Kier alpha value is -3.83.